The van der Waals surface area contributed by atoms with Gasteiger partial charge in [-0.2, -0.15) is 0 Å². The Morgan fingerprint density at radius 1 is 0.971 bits per heavy atom. The van der Waals surface area contributed by atoms with Crippen molar-refractivity contribution >= 4 is 28.3 Å². The molecule has 1 aliphatic rings. The Labute approximate surface area is 206 Å². The van der Waals surface area contributed by atoms with Gasteiger partial charge in [-0.1, -0.05) is 78.9 Å². The van der Waals surface area contributed by atoms with E-state index in [-0.39, 0.29) is 18.4 Å². The number of carbonyl (C=O) groups is 2. The van der Waals surface area contributed by atoms with Gasteiger partial charge >= 0.3 is 5.97 Å². The van der Waals surface area contributed by atoms with Crippen LogP contribution in [0.1, 0.15) is 36.5 Å². The van der Waals surface area contributed by atoms with E-state index in [4.69, 9.17) is 4.74 Å². The molecule has 5 nitrogen and oxygen atoms in total. The monoisotopic (exact) mass is 469 g/mol. The minimum atomic E-state index is -0.856. The van der Waals surface area contributed by atoms with Crippen LogP contribution in [0, 0.1) is 0 Å². The van der Waals surface area contributed by atoms with Gasteiger partial charge in [0, 0.05) is 25.6 Å². The van der Waals surface area contributed by atoms with Gasteiger partial charge in [-0.25, -0.2) is 0 Å². The lowest BCUT2D eigenvalue weighted by molar-refractivity contribution is -0.137. The van der Waals surface area contributed by atoms with E-state index in [0.717, 1.165) is 28.8 Å². The highest BCUT2D eigenvalue weighted by molar-refractivity contribution is 5.92. The van der Waals surface area contributed by atoms with Crippen LogP contribution in [0.4, 0.5) is 5.69 Å². The fourth-order valence-corrected chi connectivity index (χ4v) is 4.37. The van der Waals surface area contributed by atoms with Crippen LogP contribution in [0.3, 0.4) is 0 Å². The number of ether oxygens (including phenoxy) is 1. The number of carboxylic acids is 1. The standard InChI is InChI=1S/C30H31NO4/c1-22(32)31(18-17-23-11-13-25-7-5-6-8-27(25)19-23)29-20-24(12-14-26(29)15-16-30(33)34)21-35-28-9-3-2-4-10-28/h2-9,11-14,19-20,28H,10,15-18,21H2,1H3,(H,33,34). The molecule has 180 valence electrons. The normalized spacial score (nSPS) is 14.8. The summed E-state index contributed by atoms with van der Waals surface area (Å²) in [7, 11) is 0. The smallest absolute Gasteiger partial charge is 0.303 e. The lowest BCUT2D eigenvalue weighted by Gasteiger charge is -2.25. The number of carboxylic acid groups (broad SMARTS) is 1. The number of aliphatic carboxylic acids is 1. The van der Waals surface area contributed by atoms with Crippen LogP contribution < -0.4 is 4.90 Å². The maximum atomic E-state index is 12.7. The number of hydrogen-bond acceptors (Lipinski definition) is 3. The molecule has 1 amide bonds. The number of benzene rings is 3. The molecule has 4 rings (SSSR count). The Balaban J connectivity index is 1.55. The minimum Gasteiger partial charge on any atom is -0.481 e. The summed E-state index contributed by atoms with van der Waals surface area (Å²) in [6.07, 6.45) is 10.1. The van der Waals surface area contributed by atoms with Crippen molar-refractivity contribution < 1.29 is 19.4 Å². The van der Waals surface area contributed by atoms with E-state index in [1.807, 2.05) is 48.6 Å². The fourth-order valence-electron chi connectivity index (χ4n) is 4.37. The average molecular weight is 470 g/mol. The molecule has 1 atom stereocenters. The maximum absolute atomic E-state index is 12.7. The van der Waals surface area contributed by atoms with Crippen LogP contribution in [-0.4, -0.2) is 29.6 Å². The third-order valence-electron chi connectivity index (χ3n) is 6.27. The van der Waals surface area contributed by atoms with Crippen molar-refractivity contribution in [1.29, 1.82) is 0 Å². The lowest BCUT2D eigenvalue weighted by atomic mass is 10.0. The molecule has 0 saturated carbocycles. The summed E-state index contributed by atoms with van der Waals surface area (Å²) in [5.74, 6) is -0.924. The van der Waals surface area contributed by atoms with E-state index < -0.39 is 5.97 Å². The second-order valence-electron chi connectivity index (χ2n) is 8.86. The number of rotatable bonds is 10. The molecule has 1 aliphatic carbocycles. The van der Waals surface area contributed by atoms with Crippen molar-refractivity contribution in [1.82, 2.24) is 0 Å². The first-order valence-electron chi connectivity index (χ1n) is 12.0. The van der Waals surface area contributed by atoms with Crippen molar-refractivity contribution in [2.45, 2.75) is 45.3 Å². The fraction of sp³-hybridized carbons (Fsp3) is 0.267. The van der Waals surface area contributed by atoms with E-state index in [0.29, 0.717) is 26.0 Å². The first-order valence-corrected chi connectivity index (χ1v) is 12.0. The number of aryl methyl sites for hydroxylation is 1. The van der Waals surface area contributed by atoms with Crippen LogP contribution in [0.5, 0.6) is 0 Å². The molecule has 0 aromatic heterocycles. The van der Waals surface area contributed by atoms with Gasteiger partial charge in [0.05, 0.1) is 12.7 Å². The van der Waals surface area contributed by atoms with Gasteiger partial charge in [0.1, 0.15) is 0 Å². The Bertz CT molecular complexity index is 1260. The maximum Gasteiger partial charge on any atom is 0.303 e. The number of amides is 1. The molecule has 0 bridgehead atoms. The highest BCUT2D eigenvalue weighted by atomic mass is 16.5. The summed E-state index contributed by atoms with van der Waals surface area (Å²) in [5, 5.41) is 11.6. The topological polar surface area (TPSA) is 66.8 Å². The van der Waals surface area contributed by atoms with Gasteiger partial charge in [-0.3, -0.25) is 9.59 Å². The summed E-state index contributed by atoms with van der Waals surface area (Å²) in [5.41, 5.74) is 3.72. The minimum absolute atomic E-state index is 0.0124. The predicted octanol–water partition coefficient (Wildman–Crippen LogP) is 5.85. The molecule has 0 radical (unpaired) electrons. The van der Waals surface area contributed by atoms with Crippen LogP contribution in [0.2, 0.25) is 0 Å². The zero-order valence-electron chi connectivity index (χ0n) is 20.0. The van der Waals surface area contributed by atoms with Crippen molar-refractivity contribution in [2.75, 3.05) is 11.4 Å². The molecule has 3 aromatic rings. The molecule has 0 saturated heterocycles. The van der Waals surface area contributed by atoms with E-state index in [1.54, 1.807) is 11.8 Å². The van der Waals surface area contributed by atoms with Gasteiger partial charge < -0.3 is 14.7 Å². The summed E-state index contributed by atoms with van der Waals surface area (Å²) in [6, 6.07) is 20.5. The molecule has 0 heterocycles. The predicted molar refractivity (Wildman–Crippen MR) is 140 cm³/mol. The molecule has 0 spiro atoms. The quantitative estimate of drug-likeness (QED) is 0.404. The number of carbonyl (C=O) groups excluding carboxylic acids is 1. The summed E-state index contributed by atoms with van der Waals surface area (Å²) >= 11 is 0. The van der Waals surface area contributed by atoms with E-state index in [1.165, 1.54) is 10.8 Å². The third-order valence-corrected chi connectivity index (χ3v) is 6.27. The zero-order valence-corrected chi connectivity index (χ0v) is 20.0. The zero-order chi connectivity index (χ0) is 24.6. The Hall–Kier alpha value is -3.70. The molecule has 5 heteroatoms. The second-order valence-corrected chi connectivity index (χ2v) is 8.86. The number of allylic oxidation sites excluding steroid dienone is 2. The number of fused-ring (bicyclic) bond motifs is 1. The molecule has 0 fully saturated rings. The number of hydrogen-bond donors (Lipinski definition) is 1. The number of nitrogens with zero attached hydrogens (tertiary/aromatic N) is 1. The molecular weight excluding hydrogens is 438 g/mol. The lowest BCUT2D eigenvalue weighted by Crippen LogP contribution is -2.31. The first kappa shape index (κ1) is 24.4. The van der Waals surface area contributed by atoms with Gasteiger partial charge in [0.15, 0.2) is 0 Å². The first-order chi connectivity index (χ1) is 17.0. The van der Waals surface area contributed by atoms with Crippen molar-refractivity contribution in [2.24, 2.45) is 0 Å². The van der Waals surface area contributed by atoms with Crippen LogP contribution in [0.25, 0.3) is 10.8 Å². The van der Waals surface area contributed by atoms with Gasteiger partial charge in [0.25, 0.3) is 0 Å². The van der Waals surface area contributed by atoms with Crippen LogP contribution in [-0.2, 0) is 33.8 Å². The van der Waals surface area contributed by atoms with E-state index >= 15 is 0 Å². The SMILES string of the molecule is CC(=O)N(CCc1ccc2ccccc2c1)c1cc(COC2C=CC=CC2)ccc1CCC(=O)O. The van der Waals surface area contributed by atoms with Gasteiger partial charge in [-0.15, -0.1) is 0 Å². The Kier molecular flexibility index (Phi) is 8.11. The highest BCUT2D eigenvalue weighted by Crippen LogP contribution is 2.26. The van der Waals surface area contributed by atoms with Gasteiger partial charge in [-0.05, 0) is 52.8 Å². The average Bonchev–Trinajstić information content (AvgIpc) is 2.87. The van der Waals surface area contributed by atoms with E-state index in [9.17, 15) is 14.7 Å². The van der Waals surface area contributed by atoms with Crippen molar-refractivity contribution in [3.63, 3.8) is 0 Å². The molecule has 35 heavy (non-hydrogen) atoms. The van der Waals surface area contributed by atoms with Crippen molar-refractivity contribution in [3.8, 4) is 0 Å². The molecule has 1 unspecified atom stereocenters. The summed E-state index contributed by atoms with van der Waals surface area (Å²) in [4.78, 5) is 25.7. The largest absolute Gasteiger partial charge is 0.481 e. The van der Waals surface area contributed by atoms with Crippen LogP contribution >= 0.6 is 0 Å². The highest BCUT2D eigenvalue weighted by Gasteiger charge is 2.18. The second kappa shape index (κ2) is 11.6. The third kappa shape index (κ3) is 6.67. The Morgan fingerprint density at radius 3 is 2.51 bits per heavy atom. The molecule has 1 N–H and O–H groups in total. The Morgan fingerprint density at radius 2 is 1.77 bits per heavy atom. The van der Waals surface area contributed by atoms with Crippen LogP contribution in [0.15, 0.2) is 85.0 Å². The summed E-state index contributed by atoms with van der Waals surface area (Å²) < 4.78 is 6.04. The molecule has 3 aromatic carbocycles. The number of anilines is 1. The molecule has 0 aliphatic heterocycles. The van der Waals surface area contributed by atoms with Gasteiger partial charge in [0.2, 0.25) is 5.91 Å². The van der Waals surface area contributed by atoms with Crippen molar-refractivity contribution in [3.05, 3.63) is 102 Å². The summed E-state index contributed by atoms with van der Waals surface area (Å²) in [6.45, 7) is 2.49. The molecular formula is C30H31NO4. The van der Waals surface area contributed by atoms with E-state index in [2.05, 4.69) is 36.4 Å².